The Hall–Kier alpha value is -2.32. The number of hydrogen-bond acceptors (Lipinski definition) is 4. The molecule has 0 spiro atoms. The van der Waals surface area contributed by atoms with Gasteiger partial charge in [0.2, 0.25) is 15.9 Å². The van der Waals surface area contributed by atoms with Crippen LogP contribution in [0.1, 0.15) is 5.56 Å². The van der Waals surface area contributed by atoms with Crippen molar-refractivity contribution in [1.29, 1.82) is 0 Å². The molecule has 1 N–H and O–H groups in total. The first-order valence-electron chi connectivity index (χ1n) is 9.12. The summed E-state index contributed by atoms with van der Waals surface area (Å²) < 4.78 is 27.6. The van der Waals surface area contributed by atoms with E-state index in [1.54, 1.807) is 48.5 Å². The Morgan fingerprint density at radius 1 is 0.967 bits per heavy atom. The van der Waals surface area contributed by atoms with Gasteiger partial charge in [-0.1, -0.05) is 54.1 Å². The van der Waals surface area contributed by atoms with Crippen molar-refractivity contribution >= 4 is 45.0 Å². The molecule has 3 aromatic rings. The molecule has 0 aliphatic carbocycles. The number of para-hydroxylation sites is 1. The maximum Gasteiger partial charge on any atom is 0.243 e. The third-order valence-corrected chi connectivity index (χ3v) is 7.21. The summed E-state index contributed by atoms with van der Waals surface area (Å²) in [5.74, 6) is -0.412. The summed E-state index contributed by atoms with van der Waals surface area (Å²) in [4.78, 5) is 13.8. The van der Waals surface area contributed by atoms with E-state index in [9.17, 15) is 13.2 Å². The zero-order valence-corrected chi connectivity index (χ0v) is 18.7. The van der Waals surface area contributed by atoms with Gasteiger partial charge in [-0.3, -0.25) is 4.79 Å². The first-order chi connectivity index (χ1) is 14.4. The van der Waals surface area contributed by atoms with Crippen LogP contribution in [0, 0.1) is 0 Å². The summed E-state index contributed by atoms with van der Waals surface area (Å²) in [6.07, 6.45) is 1.91. The van der Waals surface area contributed by atoms with Gasteiger partial charge in [0.25, 0.3) is 0 Å². The second-order valence-corrected chi connectivity index (χ2v) is 9.68. The summed E-state index contributed by atoms with van der Waals surface area (Å²) in [6.45, 7) is -0.269. The largest absolute Gasteiger partial charge is 0.324 e. The predicted octanol–water partition coefficient (Wildman–Crippen LogP) is 4.89. The SMILES string of the molecule is CSc1ccccc1NC(=O)CN(Cc1ccc(Cl)cc1)S(=O)(=O)c1ccccc1. The van der Waals surface area contributed by atoms with Crippen molar-refractivity contribution in [2.45, 2.75) is 16.3 Å². The van der Waals surface area contributed by atoms with E-state index in [0.29, 0.717) is 10.7 Å². The lowest BCUT2D eigenvalue weighted by Gasteiger charge is -2.22. The van der Waals surface area contributed by atoms with Gasteiger partial charge in [0.15, 0.2) is 0 Å². The second-order valence-electron chi connectivity index (χ2n) is 6.46. The van der Waals surface area contributed by atoms with Gasteiger partial charge in [-0.15, -0.1) is 11.8 Å². The Morgan fingerprint density at radius 2 is 1.60 bits per heavy atom. The summed E-state index contributed by atoms with van der Waals surface area (Å²) in [5, 5.41) is 3.38. The number of thioether (sulfide) groups is 1. The van der Waals surface area contributed by atoms with Crippen LogP contribution in [0.5, 0.6) is 0 Å². The maximum absolute atomic E-state index is 13.2. The highest BCUT2D eigenvalue weighted by Crippen LogP contribution is 2.25. The van der Waals surface area contributed by atoms with Crippen molar-refractivity contribution in [2.75, 3.05) is 18.1 Å². The van der Waals surface area contributed by atoms with Crippen LogP contribution in [0.25, 0.3) is 0 Å². The molecule has 0 aliphatic heterocycles. The lowest BCUT2D eigenvalue weighted by molar-refractivity contribution is -0.116. The fourth-order valence-corrected chi connectivity index (χ4v) is 4.94. The monoisotopic (exact) mass is 460 g/mol. The van der Waals surface area contributed by atoms with Gasteiger partial charge in [0, 0.05) is 16.5 Å². The second kappa shape index (κ2) is 10.1. The minimum Gasteiger partial charge on any atom is -0.324 e. The smallest absolute Gasteiger partial charge is 0.243 e. The molecule has 5 nitrogen and oxygen atoms in total. The zero-order valence-electron chi connectivity index (χ0n) is 16.3. The first kappa shape index (κ1) is 22.4. The Labute approximate surface area is 186 Å². The zero-order chi connectivity index (χ0) is 21.6. The lowest BCUT2D eigenvalue weighted by Crippen LogP contribution is -2.37. The number of rotatable bonds is 8. The molecule has 1 amide bonds. The van der Waals surface area contributed by atoms with Gasteiger partial charge >= 0.3 is 0 Å². The van der Waals surface area contributed by atoms with E-state index >= 15 is 0 Å². The fraction of sp³-hybridized carbons (Fsp3) is 0.136. The number of carbonyl (C=O) groups excluding carboxylic acids is 1. The van der Waals surface area contributed by atoms with Crippen molar-refractivity contribution < 1.29 is 13.2 Å². The van der Waals surface area contributed by atoms with E-state index in [1.807, 2.05) is 24.5 Å². The minimum absolute atomic E-state index is 0.0476. The van der Waals surface area contributed by atoms with Crippen LogP contribution in [-0.4, -0.2) is 31.4 Å². The number of sulfonamides is 1. The standard InChI is InChI=1S/C22H21ClN2O3S2/c1-29-21-10-6-5-9-20(21)24-22(26)16-25(15-17-11-13-18(23)14-12-17)30(27,28)19-7-3-2-4-8-19/h2-14H,15-16H2,1H3,(H,24,26). The summed E-state index contributed by atoms with van der Waals surface area (Å²) >= 11 is 7.44. The van der Waals surface area contributed by atoms with Gasteiger partial charge in [-0.2, -0.15) is 4.31 Å². The van der Waals surface area contributed by atoms with Crippen LogP contribution >= 0.6 is 23.4 Å². The minimum atomic E-state index is -3.88. The summed E-state index contributed by atoms with van der Waals surface area (Å²) in [5.41, 5.74) is 1.38. The van der Waals surface area contributed by atoms with Crippen molar-refractivity contribution in [3.05, 3.63) is 89.4 Å². The van der Waals surface area contributed by atoms with Gasteiger partial charge in [-0.05, 0) is 48.2 Å². The molecule has 8 heteroatoms. The Kier molecular flexibility index (Phi) is 7.55. The van der Waals surface area contributed by atoms with E-state index in [-0.39, 0.29) is 18.0 Å². The van der Waals surface area contributed by atoms with Crippen LogP contribution in [0.15, 0.2) is 88.7 Å². The van der Waals surface area contributed by atoms with Crippen LogP contribution in [0.4, 0.5) is 5.69 Å². The average Bonchev–Trinajstić information content (AvgIpc) is 2.75. The van der Waals surface area contributed by atoms with Crippen molar-refractivity contribution in [1.82, 2.24) is 4.31 Å². The molecule has 0 fully saturated rings. The highest BCUT2D eigenvalue weighted by atomic mass is 35.5. The molecule has 0 aliphatic rings. The number of nitrogens with zero attached hydrogens (tertiary/aromatic N) is 1. The number of carbonyl (C=O) groups is 1. The highest BCUT2D eigenvalue weighted by molar-refractivity contribution is 7.98. The molecular weight excluding hydrogens is 440 g/mol. The van der Waals surface area contributed by atoms with E-state index in [1.165, 1.54) is 28.2 Å². The average molecular weight is 461 g/mol. The number of nitrogens with one attached hydrogen (secondary N) is 1. The number of benzene rings is 3. The molecule has 0 aromatic heterocycles. The van der Waals surface area contributed by atoms with Gasteiger partial charge in [0.1, 0.15) is 0 Å². The van der Waals surface area contributed by atoms with Gasteiger partial charge in [-0.25, -0.2) is 8.42 Å². The lowest BCUT2D eigenvalue weighted by atomic mass is 10.2. The predicted molar refractivity (Wildman–Crippen MR) is 122 cm³/mol. The Morgan fingerprint density at radius 3 is 2.27 bits per heavy atom. The summed E-state index contributed by atoms with van der Waals surface area (Å²) in [6, 6.07) is 22.4. The Bertz CT molecular complexity index is 1100. The van der Waals surface area contributed by atoms with E-state index in [4.69, 9.17) is 11.6 Å². The fourth-order valence-electron chi connectivity index (χ4n) is 2.86. The molecule has 0 bridgehead atoms. The first-order valence-corrected chi connectivity index (χ1v) is 12.2. The third-order valence-electron chi connectivity index (χ3n) is 4.35. The molecule has 156 valence electrons. The Balaban J connectivity index is 1.87. The van der Waals surface area contributed by atoms with Crippen LogP contribution in [-0.2, 0) is 21.4 Å². The van der Waals surface area contributed by atoms with Crippen molar-refractivity contribution in [2.24, 2.45) is 0 Å². The number of hydrogen-bond donors (Lipinski definition) is 1. The molecule has 3 rings (SSSR count). The van der Waals surface area contributed by atoms with E-state index < -0.39 is 15.9 Å². The molecular formula is C22H21ClN2O3S2. The van der Waals surface area contributed by atoms with E-state index in [2.05, 4.69) is 5.32 Å². The maximum atomic E-state index is 13.2. The topological polar surface area (TPSA) is 66.5 Å². The van der Waals surface area contributed by atoms with Crippen LogP contribution < -0.4 is 5.32 Å². The summed E-state index contributed by atoms with van der Waals surface area (Å²) in [7, 11) is -3.88. The van der Waals surface area contributed by atoms with Gasteiger partial charge < -0.3 is 5.32 Å². The van der Waals surface area contributed by atoms with Crippen molar-refractivity contribution in [3.8, 4) is 0 Å². The molecule has 0 radical (unpaired) electrons. The molecule has 0 atom stereocenters. The van der Waals surface area contributed by atoms with Crippen molar-refractivity contribution in [3.63, 3.8) is 0 Å². The number of anilines is 1. The van der Waals surface area contributed by atoms with E-state index in [0.717, 1.165) is 10.5 Å². The number of amides is 1. The molecule has 0 heterocycles. The van der Waals surface area contributed by atoms with Crippen LogP contribution in [0.3, 0.4) is 0 Å². The number of halogens is 1. The molecule has 0 saturated heterocycles. The van der Waals surface area contributed by atoms with Crippen LogP contribution in [0.2, 0.25) is 5.02 Å². The molecule has 0 saturated carbocycles. The highest BCUT2D eigenvalue weighted by Gasteiger charge is 2.27. The molecule has 0 unspecified atom stereocenters. The molecule has 30 heavy (non-hydrogen) atoms. The van der Waals surface area contributed by atoms with Gasteiger partial charge in [0.05, 0.1) is 17.1 Å². The molecule has 3 aromatic carbocycles. The quantitative estimate of drug-likeness (QED) is 0.486. The third kappa shape index (κ3) is 5.64. The normalized spacial score (nSPS) is 11.4.